The van der Waals surface area contributed by atoms with Crippen LogP contribution in [-0.4, -0.2) is 18.9 Å². The van der Waals surface area contributed by atoms with Crippen LogP contribution in [0.2, 0.25) is 5.02 Å². The second-order valence-electron chi connectivity index (χ2n) is 2.28. The Balaban J connectivity index is 2.76. The fourth-order valence-corrected chi connectivity index (χ4v) is 1.10. The fourth-order valence-electron chi connectivity index (χ4n) is 0.860. The summed E-state index contributed by atoms with van der Waals surface area (Å²) in [5.74, 6) is -0.339. The van der Waals surface area contributed by atoms with Crippen LogP contribution in [0.25, 0.3) is 0 Å². The van der Waals surface area contributed by atoms with Gasteiger partial charge < -0.3 is 4.74 Å². The minimum atomic E-state index is -0.339. The topological polar surface area (TPSA) is 43.4 Å². The summed E-state index contributed by atoms with van der Waals surface area (Å²) in [4.78, 5) is 20.9. The lowest BCUT2D eigenvalue weighted by molar-refractivity contribution is 0.0909. The summed E-state index contributed by atoms with van der Waals surface area (Å²) < 4.78 is 4.19. The molecule has 0 spiro atoms. The number of Topliss-reactive ketones (excluding diaryl/α,β-unsaturated/α-hetero) is 1. The van der Waals surface area contributed by atoms with Gasteiger partial charge in [0.25, 0.3) is 0 Å². The molecule has 3 nitrogen and oxygen atoms in total. The van der Waals surface area contributed by atoms with Crippen molar-refractivity contribution >= 4 is 23.9 Å². The van der Waals surface area contributed by atoms with Gasteiger partial charge in [0.15, 0.2) is 6.61 Å². The Bertz CT molecular complexity index is 322. The van der Waals surface area contributed by atoms with E-state index in [9.17, 15) is 9.59 Å². The second-order valence-corrected chi connectivity index (χ2v) is 2.68. The van der Waals surface area contributed by atoms with E-state index >= 15 is 0 Å². The van der Waals surface area contributed by atoms with Gasteiger partial charge in [0, 0.05) is 5.56 Å². The monoisotopic (exact) mass is 197 g/mol. The molecule has 0 atom stereocenters. The number of benzene rings is 1. The molecule has 0 saturated heterocycles. The van der Waals surface area contributed by atoms with Crippen LogP contribution in [0.3, 0.4) is 0 Å². The molecule has 0 saturated carbocycles. The number of carbonyl (C=O) groups is 1. The van der Waals surface area contributed by atoms with Crippen molar-refractivity contribution in [2.24, 2.45) is 0 Å². The van der Waals surface area contributed by atoms with E-state index < -0.39 is 0 Å². The Morgan fingerprint density at radius 2 is 2.15 bits per heavy atom. The SMILES string of the molecule is O=[C]OCC(=O)c1ccccc1Cl. The average Bonchev–Trinajstić information content (AvgIpc) is 2.15. The molecule has 4 heteroatoms. The maximum Gasteiger partial charge on any atom is 0.417 e. The van der Waals surface area contributed by atoms with Crippen molar-refractivity contribution in [3.05, 3.63) is 34.9 Å². The third kappa shape index (κ3) is 2.56. The van der Waals surface area contributed by atoms with E-state index in [2.05, 4.69) is 4.74 Å². The van der Waals surface area contributed by atoms with Crippen LogP contribution >= 0.6 is 11.6 Å². The number of ketones is 1. The molecule has 1 rings (SSSR count). The molecule has 0 aliphatic carbocycles. The number of hydrogen-bond donors (Lipinski definition) is 0. The number of ether oxygens (including phenoxy) is 1. The number of halogens is 1. The molecule has 1 aromatic carbocycles. The van der Waals surface area contributed by atoms with Gasteiger partial charge in [-0.15, -0.1) is 0 Å². The third-order valence-corrected chi connectivity index (χ3v) is 1.77. The van der Waals surface area contributed by atoms with Crippen molar-refractivity contribution in [1.82, 2.24) is 0 Å². The fraction of sp³-hybridized carbons (Fsp3) is 0.111. The normalized spacial score (nSPS) is 9.31. The minimum Gasteiger partial charge on any atom is -0.449 e. The van der Waals surface area contributed by atoms with Gasteiger partial charge in [-0.25, -0.2) is 4.79 Å². The molecule has 0 N–H and O–H groups in total. The van der Waals surface area contributed by atoms with Gasteiger partial charge in [0.05, 0.1) is 5.02 Å². The summed E-state index contributed by atoms with van der Waals surface area (Å²) in [5, 5.41) is 0.349. The average molecular weight is 198 g/mol. The third-order valence-electron chi connectivity index (χ3n) is 1.44. The first-order valence-corrected chi connectivity index (χ1v) is 3.90. The molecule has 0 fully saturated rings. The maximum atomic E-state index is 11.2. The molecular weight excluding hydrogens is 192 g/mol. The predicted molar refractivity (Wildman–Crippen MR) is 47.4 cm³/mol. The molecule has 67 valence electrons. The van der Waals surface area contributed by atoms with Crippen molar-refractivity contribution in [2.75, 3.05) is 6.61 Å². The maximum absolute atomic E-state index is 11.2. The Hall–Kier alpha value is -1.35. The number of carbonyl (C=O) groups excluding carboxylic acids is 2. The van der Waals surface area contributed by atoms with Gasteiger partial charge in [-0.2, -0.15) is 0 Å². The van der Waals surface area contributed by atoms with E-state index in [1.54, 1.807) is 24.3 Å². The molecular formula is C9H6ClO3. The van der Waals surface area contributed by atoms with Crippen molar-refractivity contribution < 1.29 is 14.3 Å². The van der Waals surface area contributed by atoms with Crippen molar-refractivity contribution in [1.29, 1.82) is 0 Å². The Labute approximate surface area is 80.3 Å². The van der Waals surface area contributed by atoms with E-state index in [0.29, 0.717) is 10.6 Å². The minimum absolute atomic E-state index is 0.326. The molecule has 0 aliphatic heterocycles. The molecule has 0 aromatic heterocycles. The van der Waals surface area contributed by atoms with Gasteiger partial charge >= 0.3 is 6.47 Å². The predicted octanol–water partition coefficient (Wildman–Crippen LogP) is 1.61. The smallest absolute Gasteiger partial charge is 0.417 e. The summed E-state index contributed by atoms with van der Waals surface area (Å²) in [6.07, 6.45) is 0. The molecule has 1 radical (unpaired) electrons. The van der Waals surface area contributed by atoms with E-state index in [1.165, 1.54) is 6.47 Å². The molecule has 1 aromatic rings. The highest BCUT2D eigenvalue weighted by Gasteiger charge is 2.09. The molecule has 13 heavy (non-hydrogen) atoms. The van der Waals surface area contributed by atoms with Gasteiger partial charge in [-0.1, -0.05) is 23.7 Å². The van der Waals surface area contributed by atoms with Crippen LogP contribution in [-0.2, 0) is 9.53 Å². The highest BCUT2D eigenvalue weighted by atomic mass is 35.5. The van der Waals surface area contributed by atoms with E-state index in [4.69, 9.17) is 11.6 Å². The van der Waals surface area contributed by atoms with Crippen molar-refractivity contribution in [2.45, 2.75) is 0 Å². The standard InChI is InChI=1S/C9H6ClO3/c10-8-4-2-1-3-7(8)9(12)5-13-6-11/h1-4H,5H2. The zero-order chi connectivity index (χ0) is 9.68. The molecule has 0 unspecified atom stereocenters. The Morgan fingerprint density at radius 3 is 2.77 bits per heavy atom. The first-order chi connectivity index (χ1) is 6.25. The van der Waals surface area contributed by atoms with E-state index in [0.717, 1.165) is 0 Å². The second kappa shape index (κ2) is 4.62. The van der Waals surface area contributed by atoms with Crippen LogP contribution in [0.5, 0.6) is 0 Å². The first-order valence-electron chi connectivity index (χ1n) is 3.52. The zero-order valence-electron chi connectivity index (χ0n) is 6.62. The Kier molecular flexibility index (Phi) is 3.46. The highest BCUT2D eigenvalue weighted by molar-refractivity contribution is 6.34. The largest absolute Gasteiger partial charge is 0.449 e. The van der Waals surface area contributed by atoms with Crippen molar-refractivity contribution in [3.63, 3.8) is 0 Å². The summed E-state index contributed by atoms with van der Waals surface area (Å²) in [5.41, 5.74) is 0.347. The summed E-state index contributed by atoms with van der Waals surface area (Å²) in [6, 6.07) is 6.56. The van der Waals surface area contributed by atoms with Gasteiger partial charge in [-0.05, 0) is 12.1 Å². The lowest BCUT2D eigenvalue weighted by Crippen LogP contribution is -2.08. The molecule has 0 bridgehead atoms. The number of hydrogen-bond acceptors (Lipinski definition) is 3. The van der Waals surface area contributed by atoms with Gasteiger partial charge in [0.2, 0.25) is 5.78 Å². The van der Waals surface area contributed by atoms with Crippen LogP contribution in [0.15, 0.2) is 24.3 Å². The van der Waals surface area contributed by atoms with Crippen LogP contribution in [0, 0.1) is 0 Å². The van der Waals surface area contributed by atoms with Crippen LogP contribution < -0.4 is 0 Å². The van der Waals surface area contributed by atoms with E-state index in [1.807, 2.05) is 0 Å². The van der Waals surface area contributed by atoms with Crippen LogP contribution in [0.4, 0.5) is 0 Å². The molecule has 0 heterocycles. The van der Waals surface area contributed by atoms with E-state index in [-0.39, 0.29) is 12.4 Å². The molecule has 0 amide bonds. The highest BCUT2D eigenvalue weighted by Crippen LogP contribution is 2.15. The summed E-state index contributed by atoms with van der Waals surface area (Å²) >= 11 is 5.72. The van der Waals surface area contributed by atoms with Crippen molar-refractivity contribution in [3.8, 4) is 0 Å². The Morgan fingerprint density at radius 1 is 1.46 bits per heavy atom. The van der Waals surface area contributed by atoms with Gasteiger partial charge in [0.1, 0.15) is 0 Å². The summed E-state index contributed by atoms with van der Waals surface area (Å²) in [7, 11) is 0. The van der Waals surface area contributed by atoms with Gasteiger partial charge in [-0.3, -0.25) is 4.79 Å². The molecule has 0 aliphatic rings. The number of rotatable bonds is 4. The summed E-state index contributed by atoms with van der Waals surface area (Å²) in [6.45, 7) is 0.848. The zero-order valence-corrected chi connectivity index (χ0v) is 7.38. The first kappa shape index (κ1) is 9.74. The van der Waals surface area contributed by atoms with Crippen LogP contribution in [0.1, 0.15) is 10.4 Å². The lowest BCUT2D eigenvalue weighted by atomic mass is 10.1. The lowest BCUT2D eigenvalue weighted by Gasteiger charge is -2.00. The quantitative estimate of drug-likeness (QED) is 0.689.